The second-order valence-electron chi connectivity index (χ2n) is 7.51. The summed E-state index contributed by atoms with van der Waals surface area (Å²) in [6.45, 7) is 3.53. The zero-order chi connectivity index (χ0) is 20.8. The van der Waals surface area contributed by atoms with Crippen LogP contribution in [0.5, 0.6) is 5.75 Å². The zero-order valence-corrected chi connectivity index (χ0v) is 16.7. The summed E-state index contributed by atoms with van der Waals surface area (Å²) in [7, 11) is 0. The third-order valence-corrected chi connectivity index (χ3v) is 5.41. The van der Waals surface area contributed by atoms with Crippen LogP contribution in [0.1, 0.15) is 18.4 Å². The van der Waals surface area contributed by atoms with Crippen LogP contribution in [-0.2, 0) is 6.42 Å². The molecule has 2 N–H and O–H groups in total. The molecular weight excluding hydrogens is 382 g/mol. The molecule has 1 aromatic heterocycles. The summed E-state index contributed by atoms with van der Waals surface area (Å²) in [6, 6.07) is 12.5. The van der Waals surface area contributed by atoms with Crippen LogP contribution in [0.15, 0.2) is 48.8 Å². The summed E-state index contributed by atoms with van der Waals surface area (Å²) in [4.78, 5) is 19.1. The van der Waals surface area contributed by atoms with Crippen molar-refractivity contribution in [2.45, 2.75) is 19.3 Å². The van der Waals surface area contributed by atoms with Crippen molar-refractivity contribution < 1.29 is 9.66 Å². The summed E-state index contributed by atoms with van der Waals surface area (Å²) >= 11 is 0. The van der Waals surface area contributed by atoms with E-state index in [4.69, 9.17) is 4.74 Å². The minimum absolute atomic E-state index is 0.103. The number of hydrogen-bond donors (Lipinski definition) is 2. The molecule has 0 radical (unpaired) electrons. The second kappa shape index (κ2) is 9.49. The fraction of sp³-hybridized carbons (Fsp3) is 0.364. The first-order valence-corrected chi connectivity index (χ1v) is 10.2. The Morgan fingerprint density at radius 2 is 1.93 bits per heavy atom. The largest absolute Gasteiger partial charge is 0.493 e. The third kappa shape index (κ3) is 5.01. The van der Waals surface area contributed by atoms with Gasteiger partial charge in [-0.25, -0.2) is 9.97 Å². The number of nitrogens with one attached hydrogen (secondary N) is 2. The highest BCUT2D eigenvalue weighted by Gasteiger charge is 2.14. The minimum Gasteiger partial charge on any atom is -0.493 e. The molecule has 8 heteroatoms. The number of non-ortho nitro benzene ring substituents is 1. The number of hydrogen-bond acceptors (Lipinski definition) is 7. The number of piperidine rings is 1. The molecule has 0 saturated carbocycles. The first-order valence-electron chi connectivity index (χ1n) is 10.2. The molecule has 0 atom stereocenters. The Morgan fingerprint density at radius 1 is 1.13 bits per heavy atom. The first-order chi connectivity index (χ1) is 14.7. The molecule has 2 aromatic carbocycles. The van der Waals surface area contributed by atoms with Crippen LogP contribution in [0, 0.1) is 16.0 Å². The van der Waals surface area contributed by atoms with E-state index in [2.05, 4.69) is 20.6 Å². The molecule has 1 aliphatic heterocycles. The van der Waals surface area contributed by atoms with Gasteiger partial charge in [-0.2, -0.15) is 0 Å². The molecule has 156 valence electrons. The van der Waals surface area contributed by atoms with E-state index < -0.39 is 0 Å². The van der Waals surface area contributed by atoms with Crippen LogP contribution >= 0.6 is 0 Å². The number of ether oxygens (including phenoxy) is 1. The Morgan fingerprint density at radius 3 is 2.70 bits per heavy atom. The molecule has 1 fully saturated rings. The number of aromatic nitrogens is 2. The van der Waals surface area contributed by atoms with Crippen molar-refractivity contribution in [3.05, 3.63) is 64.5 Å². The predicted molar refractivity (Wildman–Crippen MR) is 116 cm³/mol. The van der Waals surface area contributed by atoms with Crippen LogP contribution in [0.3, 0.4) is 0 Å². The minimum atomic E-state index is -0.389. The van der Waals surface area contributed by atoms with Gasteiger partial charge in [-0.1, -0.05) is 12.1 Å². The Labute approximate surface area is 174 Å². The van der Waals surface area contributed by atoms with E-state index in [1.807, 2.05) is 18.2 Å². The Kier molecular flexibility index (Phi) is 6.34. The summed E-state index contributed by atoms with van der Waals surface area (Å²) in [6.07, 6.45) is 4.59. The SMILES string of the molecule is O=[N+]([O-])c1ccc(CCNc2ncnc3cc(OCC4CCNCC4)ccc23)cc1. The van der Waals surface area contributed by atoms with Crippen molar-refractivity contribution in [1.82, 2.24) is 15.3 Å². The lowest BCUT2D eigenvalue weighted by molar-refractivity contribution is -0.384. The summed E-state index contributed by atoms with van der Waals surface area (Å²) in [5.74, 6) is 2.20. The number of nitro groups is 1. The van der Waals surface area contributed by atoms with Crippen molar-refractivity contribution in [3.63, 3.8) is 0 Å². The smallest absolute Gasteiger partial charge is 0.269 e. The van der Waals surface area contributed by atoms with Gasteiger partial charge >= 0.3 is 0 Å². The second-order valence-corrected chi connectivity index (χ2v) is 7.51. The van der Waals surface area contributed by atoms with Gasteiger partial charge in [-0.15, -0.1) is 0 Å². The van der Waals surface area contributed by atoms with E-state index >= 15 is 0 Å². The number of rotatable bonds is 8. The number of anilines is 1. The summed E-state index contributed by atoms with van der Waals surface area (Å²) in [5.41, 5.74) is 1.97. The average molecular weight is 407 g/mol. The Hall–Kier alpha value is -3.26. The van der Waals surface area contributed by atoms with Crippen LogP contribution in [0.4, 0.5) is 11.5 Å². The van der Waals surface area contributed by atoms with E-state index in [1.165, 1.54) is 12.1 Å². The average Bonchev–Trinajstić information content (AvgIpc) is 2.78. The van der Waals surface area contributed by atoms with E-state index in [0.717, 1.165) is 67.0 Å². The third-order valence-electron chi connectivity index (χ3n) is 5.41. The van der Waals surface area contributed by atoms with Gasteiger partial charge in [-0.05, 0) is 56.0 Å². The molecule has 0 unspecified atom stereocenters. The lowest BCUT2D eigenvalue weighted by Crippen LogP contribution is -2.30. The fourth-order valence-corrected chi connectivity index (χ4v) is 3.64. The Balaban J connectivity index is 1.36. The molecule has 1 saturated heterocycles. The number of nitro benzene ring substituents is 1. The molecule has 0 spiro atoms. The van der Waals surface area contributed by atoms with Crippen molar-refractivity contribution in [2.75, 3.05) is 31.6 Å². The number of nitrogens with zero attached hydrogens (tertiary/aromatic N) is 3. The summed E-state index contributed by atoms with van der Waals surface area (Å²) in [5, 5.41) is 18.4. The molecule has 1 aliphatic rings. The predicted octanol–water partition coefficient (Wildman–Crippen LogP) is 3.57. The maximum absolute atomic E-state index is 10.7. The van der Waals surface area contributed by atoms with Crippen LogP contribution < -0.4 is 15.4 Å². The maximum atomic E-state index is 10.7. The fourth-order valence-electron chi connectivity index (χ4n) is 3.64. The number of fused-ring (bicyclic) bond motifs is 1. The highest BCUT2D eigenvalue weighted by Crippen LogP contribution is 2.25. The zero-order valence-electron chi connectivity index (χ0n) is 16.7. The topological polar surface area (TPSA) is 102 Å². The van der Waals surface area contributed by atoms with Gasteiger partial charge in [-0.3, -0.25) is 10.1 Å². The van der Waals surface area contributed by atoms with E-state index in [9.17, 15) is 10.1 Å². The van der Waals surface area contributed by atoms with E-state index in [0.29, 0.717) is 12.5 Å². The molecule has 3 aromatic rings. The molecule has 0 bridgehead atoms. The van der Waals surface area contributed by atoms with Gasteiger partial charge in [0.05, 0.1) is 17.0 Å². The lowest BCUT2D eigenvalue weighted by atomic mass is 9.99. The van der Waals surface area contributed by atoms with Crippen LogP contribution in [0.25, 0.3) is 10.9 Å². The van der Waals surface area contributed by atoms with Crippen molar-refractivity contribution in [3.8, 4) is 5.75 Å². The van der Waals surface area contributed by atoms with Gasteiger partial charge in [0, 0.05) is 30.1 Å². The van der Waals surface area contributed by atoms with Gasteiger partial charge < -0.3 is 15.4 Å². The standard InChI is InChI=1S/C22H25N5O3/c28-27(29)18-3-1-16(2-4-18)9-12-24-22-20-6-5-19(13-21(20)25-15-26-22)30-14-17-7-10-23-11-8-17/h1-6,13,15,17,23H,7-12,14H2,(H,24,25,26). The molecule has 4 rings (SSSR count). The molecule has 8 nitrogen and oxygen atoms in total. The first kappa shape index (κ1) is 20.0. The van der Waals surface area contributed by atoms with Crippen molar-refractivity contribution in [2.24, 2.45) is 5.92 Å². The van der Waals surface area contributed by atoms with E-state index in [1.54, 1.807) is 18.5 Å². The van der Waals surface area contributed by atoms with E-state index in [-0.39, 0.29) is 10.6 Å². The lowest BCUT2D eigenvalue weighted by Gasteiger charge is -2.22. The molecule has 0 aliphatic carbocycles. The highest BCUT2D eigenvalue weighted by molar-refractivity contribution is 5.89. The molecule has 0 amide bonds. The summed E-state index contributed by atoms with van der Waals surface area (Å²) < 4.78 is 6.00. The van der Waals surface area contributed by atoms with Crippen LogP contribution in [-0.4, -0.2) is 41.1 Å². The monoisotopic (exact) mass is 407 g/mol. The number of benzene rings is 2. The van der Waals surface area contributed by atoms with Gasteiger partial charge in [0.15, 0.2) is 0 Å². The highest BCUT2D eigenvalue weighted by atomic mass is 16.6. The molecular formula is C22H25N5O3. The van der Waals surface area contributed by atoms with Crippen LogP contribution in [0.2, 0.25) is 0 Å². The van der Waals surface area contributed by atoms with Crippen molar-refractivity contribution in [1.29, 1.82) is 0 Å². The van der Waals surface area contributed by atoms with Gasteiger partial charge in [0.2, 0.25) is 0 Å². The maximum Gasteiger partial charge on any atom is 0.269 e. The Bertz CT molecular complexity index is 1000. The molecule has 30 heavy (non-hydrogen) atoms. The van der Waals surface area contributed by atoms with Gasteiger partial charge in [0.25, 0.3) is 5.69 Å². The van der Waals surface area contributed by atoms with Gasteiger partial charge in [0.1, 0.15) is 17.9 Å². The quantitative estimate of drug-likeness (QED) is 0.435. The normalized spacial score (nSPS) is 14.5. The molecule has 2 heterocycles. The van der Waals surface area contributed by atoms with Crippen molar-refractivity contribution >= 4 is 22.4 Å².